The number of amides is 1. The third-order valence-electron chi connectivity index (χ3n) is 5.32. The molecule has 2 atom stereocenters. The fourth-order valence-electron chi connectivity index (χ4n) is 4.25. The minimum Gasteiger partial charge on any atom is -0.486 e. The fraction of sp³-hybridized carbons (Fsp3) is 0.316. The van der Waals surface area contributed by atoms with Crippen molar-refractivity contribution >= 4 is 24.0 Å². The second-order valence-electron chi connectivity index (χ2n) is 6.51. The molecule has 1 amide bonds. The van der Waals surface area contributed by atoms with Crippen LogP contribution in [0.15, 0.2) is 42.5 Å². The molecule has 25 heavy (non-hydrogen) atoms. The zero-order valence-electron chi connectivity index (χ0n) is 13.6. The highest BCUT2D eigenvalue weighted by atomic mass is 35.5. The van der Waals surface area contributed by atoms with Crippen LogP contribution in [0.1, 0.15) is 23.6 Å². The second kappa shape index (κ2) is 5.93. The Morgan fingerprint density at radius 1 is 1.04 bits per heavy atom. The first-order valence-electron chi connectivity index (χ1n) is 8.33. The van der Waals surface area contributed by atoms with E-state index < -0.39 is 5.41 Å². The van der Waals surface area contributed by atoms with E-state index in [1.54, 1.807) is 0 Å². The molecule has 3 aliphatic heterocycles. The highest BCUT2D eigenvalue weighted by Gasteiger charge is 2.55. The zero-order chi connectivity index (χ0) is 16.1. The number of para-hydroxylation sites is 1. The molecule has 2 aromatic carbocycles. The summed E-state index contributed by atoms with van der Waals surface area (Å²) in [5.74, 6) is 1.61. The van der Waals surface area contributed by atoms with E-state index in [4.69, 9.17) is 9.47 Å². The fourth-order valence-corrected chi connectivity index (χ4v) is 4.25. The van der Waals surface area contributed by atoms with Gasteiger partial charge in [-0.05, 0) is 42.3 Å². The molecule has 0 radical (unpaired) electrons. The third-order valence-corrected chi connectivity index (χ3v) is 5.32. The van der Waals surface area contributed by atoms with E-state index in [2.05, 4.69) is 16.7 Å². The minimum absolute atomic E-state index is 0. The molecule has 0 aliphatic carbocycles. The molecule has 2 unspecified atom stereocenters. The predicted molar refractivity (Wildman–Crippen MR) is 96.8 cm³/mol. The maximum absolute atomic E-state index is 12.9. The molecule has 5 nitrogen and oxygen atoms in total. The predicted octanol–water partition coefficient (Wildman–Crippen LogP) is 2.80. The van der Waals surface area contributed by atoms with E-state index >= 15 is 0 Å². The summed E-state index contributed by atoms with van der Waals surface area (Å²) in [4.78, 5) is 12.9. The average Bonchev–Trinajstić information content (AvgIpc) is 3.18. The Balaban J connectivity index is 0.00000157. The van der Waals surface area contributed by atoms with Gasteiger partial charge in [0.1, 0.15) is 13.2 Å². The smallest absolute Gasteiger partial charge is 0.237 e. The summed E-state index contributed by atoms with van der Waals surface area (Å²) in [6.07, 6.45) is 0.787. The number of halogens is 1. The first-order valence-corrected chi connectivity index (χ1v) is 8.33. The molecular weight excluding hydrogens is 340 g/mol. The molecule has 1 saturated heterocycles. The van der Waals surface area contributed by atoms with E-state index in [-0.39, 0.29) is 24.4 Å². The van der Waals surface area contributed by atoms with Crippen LogP contribution in [0, 0.1) is 0 Å². The average molecular weight is 359 g/mol. The number of benzene rings is 2. The van der Waals surface area contributed by atoms with E-state index in [1.807, 2.05) is 36.4 Å². The van der Waals surface area contributed by atoms with E-state index in [0.717, 1.165) is 41.3 Å². The van der Waals surface area contributed by atoms with Crippen LogP contribution in [-0.2, 0) is 10.2 Å². The number of nitrogens with one attached hydrogen (secondary N) is 2. The molecular formula is C19H19ClN2O3. The van der Waals surface area contributed by atoms with Gasteiger partial charge in [0.25, 0.3) is 0 Å². The van der Waals surface area contributed by atoms with Crippen LogP contribution in [0.2, 0.25) is 0 Å². The number of carbonyl (C=O) groups excluding carboxylic acids is 1. The lowest BCUT2D eigenvalue weighted by Crippen LogP contribution is -2.39. The topological polar surface area (TPSA) is 59.6 Å². The maximum Gasteiger partial charge on any atom is 0.237 e. The van der Waals surface area contributed by atoms with E-state index in [9.17, 15) is 4.79 Å². The Labute approximate surface area is 152 Å². The van der Waals surface area contributed by atoms with Gasteiger partial charge in [-0.25, -0.2) is 0 Å². The molecule has 0 bridgehead atoms. The van der Waals surface area contributed by atoms with Gasteiger partial charge in [0.05, 0.1) is 11.5 Å². The summed E-state index contributed by atoms with van der Waals surface area (Å²) < 4.78 is 11.3. The minimum atomic E-state index is -0.555. The standard InChI is InChI=1S/C19H18N2O3.ClH/c22-18-19(13-3-1-2-4-14(13)21-18)7-8-20-17(19)12-5-6-15-16(11-12)24-10-9-23-15;/h1-6,11,17,20H,7-10H2,(H,21,22);1H. The maximum atomic E-state index is 12.9. The molecule has 1 fully saturated rings. The van der Waals surface area contributed by atoms with Gasteiger partial charge in [-0.3, -0.25) is 4.79 Å². The number of anilines is 1. The Hall–Kier alpha value is -2.24. The highest BCUT2D eigenvalue weighted by molar-refractivity contribution is 6.07. The number of ether oxygens (including phenoxy) is 2. The van der Waals surface area contributed by atoms with Crippen LogP contribution in [0.25, 0.3) is 0 Å². The number of hydrogen-bond donors (Lipinski definition) is 2. The molecule has 3 heterocycles. The van der Waals surface area contributed by atoms with Crippen molar-refractivity contribution in [2.24, 2.45) is 0 Å². The molecule has 6 heteroatoms. The molecule has 3 aliphatic rings. The lowest BCUT2D eigenvalue weighted by molar-refractivity contribution is -0.121. The Bertz CT molecular complexity index is 841. The second-order valence-corrected chi connectivity index (χ2v) is 6.51. The van der Waals surface area contributed by atoms with Crippen LogP contribution in [0.3, 0.4) is 0 Å². The van der Waals surface area contributed by atoms with E-state index in [0.29, 0.717) is 13.2 Å². The highest BCUT2D eigenvalue weighted by Crippen LogP contribution is 2.51. The van der Waals surface area contributed by atoms with Gasteiger partial charge in [-0.15, -0.1) is 12.4 Å². The molecule has 2 aromatic rings. The van der Waals surface area contributed by atoms with Crippen molar-refractivity contribution in [3.05, 3.63) is 53.6 Å². The SMILES string of the molecule is Cl.O=C1Nc2ccccc2C12CCNC2c1ccc2c(c1)OCCO2. The number of hydrogen-bond acceptors (Lipinski definition) is 4. The summed E-state index contributed by atoms with van der Waals surface area (Å²) >= 11 is 0. The molecule has 0 aromatic heterocycles. The Morgan fingerprint density at radius 3 is 2.72 bits per heavy atom. The summed E-state index contributed by atoms with van der Waals surface area (Å²) in [7, 11) is 0. The molecule has 0 saturated carbocycles. The molecule has 1 spiro atoms. The largest absolute Gasteiger partial charge is 0.486 e. The van der Waals surface area contributed by atoms with Crippen LogP contribution in [-0.4, -0.2) is 25.7 Å². The molecule has 5 rings (SSSR count). The molecule has 2 N–H and O–H groups in total. The Kier molecular flexibility index (Phi) is 3.85. The number of fused-ring (bicyclic) bond motifs is 3. The lowest BCUT2D eigenvalue weighted by atomic mass is 9.73. The van der Waals surface area contributed by atoms with Gasteiger partial charge in [-0.1, -0.05) is 24.3 Å². The van der Waals surface area contributed by atoms with Gasteiger partial charge < -0.3 is 20.1 Å². The summed E-state index contributed by atoms with van der Waals surface area (Å²) in [5, 5.41) is 6.58. The van der Waals surface area contributed by atoms with Crippen molar-refractivity contribution in [1.29, 1.82) is 0 Å². The monoisotopic (exact) mass is 358 g/mol. The number of rotatable bonds is 1. The van der Waals surface area contributed by atoms with Gasteiger partial charge in [-0.2, -0.15) is 0 Å². The van der Waals surface area contributed by atoms with Crippen LogP contribution in [0.5, 0.6) is 11.5 Å². The third kappa shape index (κ3) is 2.23. The molecule has 130 valence electrons. The van der Waals surface area contributed by atoms with Crippen LogP contribution < -0.4 is 20.1 Å². The van der Waals surface area contributed by atoms with Crippen molar-refractivity contribution in [2.45, 2.75) is 17.9 Å². The quantitative estimate of drug-likeness (QED) is 0.823. The summed E-state index contributed by atoms with van der Waals surface area (Å²) in [6.45, 7) is 1.94. The summed E-state index contributed by atoms with van der Waals surface area (Å²) in [6, 6.07) is 13.9. The van der Waals surface area contributed by atoms with Crippen LogP contribution in [0.4, 0.5) is 5.69 Å². The zero-order valence-corrected chi connectivity index (χ0v) is 14.4. The van der Waals surface area contributed by atoms with Crippen LogP contribution >= 0.6 is 12.4 Å². The Morgan fingerprint density at radius 2 is 1.84 bits per heavy atom. The normalized spacial score (nSPS) is 26.1. The van der Waals surface area contributed by atoms with Gasteiger partial charge in [0.2, 0.25) is 5.91 Å². The van der Waals surface area contributed by atoms with Crippen molar-refractivity contribution in [1.82, 2.24) is 5.32 Å². The number of carbonyl (C=O) groups is 1. The van der Waals surface area contributed by atoms with Gasteiger partial charge in [0.15, 0.2) is 11.5 Å². The first kappa shape index (κ1) is 16.2. The van der Waals surface area contributed by atoms with Crippen molar-refractivity contribution in [3.8, 4) is 11.5 Å². The van der Waals surface area contributed by atoms with E-state index in [1.165, 1.54) is 0 Å². The van der Waals surface area contributed by atoms with Gasteiger partial charge in [0, 0.05) is 5.69 Å². The van der Waals surface area contributed by atoms with Gasteiger partial charge >= 0.3 is 0 Å². The first-order chi connectivity index (χ1) is 11.8. The van der Waals surface area contributed by atoms with Crippen molar-refractivity contribution in [3.63, 3.8) is 0 Å². The van der Waals surface area contributed by atoms with Crippen molar-refractivity contribution in [2.75, 3.05) is 25.1 Å². The lowest BCUT2D eigenvalue weighted by Gasteiger charge is -2.30. The van der Waals surface area contributed by atoms with Crippen molar-refractivity contribution < 1.29 is 14.3 Å². The summed E-state index contributed by atoms with van der Waals surface area (Å²) in [5.41, 5.74) is 2.51.